The molecule has 0 spiro atoms. The van der Waals surface area contributed by atoms with Gasteiger partial charge in [0.2, 0.25) is 5.91 Å². The van der Waals surface area contributed by atoms with Crippen molar-refractivity contribution in [2.24, 2.45) is 0 Å². The number of amides is 1. The van der Waals surface area contributed by atoms with Crippen LogP contribution >= 0.6 is 0 Å². The maximum atomic E-state index is 12.1. The maximum Gasteiger partial charge on any atom is 0.335 e. The summed E-state index contributed by atoms with van der Waals surface area (Å²) in [5.74, 6) is -0.893. The Hall–Kier alpha value is -1.92. The summed E-state index contributed by atoms with van der Waals surface area (Å²) in [4.78, 5) is 25.0. The van der Waals surface area contributed by atoms with Crippen molar-refractivity contribution >= 4 is 11.9 Å². The van der Waals surface area contributed by atoms with Crippen LogP contribution in [0.5, 0.6) is 0 Å². The molecule has 1 atom stereocenters. The summed E-state index contributed by atoms with van der Waals surface area (Å²) in [5.41, 5.74) is 1.29. The SMILES string of the molecule is CCNC(=O)C1CNCCN1Cc1ccc(C(=O)O)cc1. The summed E-state index contributed by atoms with van der Waals surface area (Å²) < 4.78 is 0. The van der Waals surface area contributed by atoms with Crippen molar-refractivity contribution in [2.75, 3.05) is 26.2 Å². The molecule has 1 aromatic rings. The van der Waals surface area contributed by atoms with Gasteiger partial charge in [0.1, 0.15) is 6.04 Å². The Morgan fingerprint density at radius 1 is 1.38 bits per heavy atom. The number of carboxylic acids is 1. The molecule has 0 radical (unpaired) electrons. The average molecular weight is 291 g/mol. The highest BCUT2D eigenvalue weighted by molar-refractivity contribution is 5.87. The maximum absolute atomic E-state index is 12.1. The normalized spacial score (nSPS) is 19.2. The monoisotopic (exact) mass is 291 g/mol. The zero-order valence-electron chi connectivity index (χ0n) is 12.1. The molecule has 1 saturated heterocycles. The molecule has 3 N–H and O–H groups in total. The predicted octanol–water partition coefficient (Wildman–Crippen LogP) is 0.295. The molecular formula is C15H21N3O3. The number of hydrogen-bond acceptors (Lipinski definition) is 4. The number of nitrogens with one attached hydrogen (secondary N) is 2. The number of hydrogen-bond donors (Lipinski definition) is 3. The molecule has 6 nitrogen and oxygen atoms in total. The Labute approximate surface area is 124 Å². The first-order valence-electron chi connectivity index (χ1n) is 7.16. The van der Waals surface area contributed by atoms with E-state index in [0.29, 0.717) is 19.6 Å². The smallest absolute Gasteiger partial charge is 0.335 e. The van der Waals surface area contributed by atoms with E-state index < -0.39 is 5.97 Å². The summed E-state index contributed by atoms with van der Waals surface area (Å²) in [6, 6.07) is 6.63. The standard InChI is InChI=1S/C15H21N3O3/c1-2-17-14(19)13-9-16-7-8-18(13)10-11-3-5-12(6-4-11)15(20)21/h3-6,13,16H,2,7-10H2,1H3,(H,17,19)(H,20,21). The van der Waals surface area contributed by atoms with Crippen molar-refractivity contribution in [3.05, 3.63) is 35.4 Å². The van der Waals surface area contributed by atoms with Crippen LogP contribution in [-0.2, 0) is 11.3 Å². The lowest BCUT2D eigenvalue weighted by atomic mass is 10.1. The van der Waals surface area contributed by atoms with Gasteiger partial charge >= 0.3 is 5.97 Å². The fraction of sp³-hybridized carbons (Fsp3) is 0.467. The minimum Gasteiger partial charge on any atom is -0.478 e. The number of likely N-dealkylation sites (N-methyl/N-ethyl adjacent to an activating group) is 1. The summed E-state index contributed by atoms with van der Waals surface area (Å²) in [5, 5.41) is 15.0. The van der Waals surface area contributed by atoms with Crippen LogP contribution in [0.2, 0.25) is 0 Å². The zero-order valence-corrected chi connectivity index (χ0v) is 12.1. The minimum absolute atomic E-state index is 0.0341. The Kier molecular flexibility index (Phi) is 5.30. The number of aromatic carboxylic acids is 1. The van der Waals surface area contributed by atoms with Crippen LogP contribution in [0.3, 0.4) is 0 Å². The van der Waals surface area contributed by atoms with Gasteiger partial charge in [-0.1, -0.05) is 12.1 Å². The van der Waals surface area contributed by atoms with E-state index in [1.165, 1.54) is 0 Å². The Morgan fingerprint density at radius 2 is 2.10 bits per heavy atom. The van der Waals surface area contributed by atoms with Crippen molar-refractivity contribution in [1.82, 2.24) is 15.5 Å². The van der Waals surface area contributed by atoms with Gasteiger partial charge in [0.15, 0.2) is 0 Å². The lowest BCUT2D eigenvalue weighted by Crippen LogP contribution is -2.57. The molecule has 21 heavy (non-hydrogen) atoms. The number of carboxylic acid groups (broad SMARTS) is 1. The van der Waals surface area contributed by atoms with Gasteiger partial charge in [0, 0.05) is 32.7 Å². The number of rotatable bonds is 5. The van der Waals surface area contributed by atoms with Crippen LogP contribution in [0.1, 0.15) is 22.8 Å². The van der Waals surface area contributed by atoms with Gasteiger partial charge in [-0.25, -0.2) is 4.79 Å². The Balaban J connectivity index is 2.04. The molecule has 114 valence electrons. The van der Waals surface area contributed by atoms with Crippen molar-refractivity contribution in [2.45, 2.75) is 19.5 Å². The fourth-order valence-electron chi connectivity index (χ4n) is 2.47. The molecule has 2 rings (SSSR count). The first-order chi connectivity index (χ1) is 10.1. The highest BCUT2D eigenvalue weighted by atomic mass is 16.4. The third-order valence-corrected chi connectivity index (χ3v) is 3.59. The molecule has 6 heteroatoms. The highest BCUT2D eigenvalue weighted by Crippen LogP contribution is 2.12. The van der Waals surface area contributed by atoms with Crippen LogP contribution in [-0.4, -0.2) is 54.1 Å². The van der Waals surface area contributed by atoms with Crippen LogP contribution in [0.15, 0.2) is 24.3 Å². The van der Waals surface area contributed by atoms with Crippen LogP contribution in [0.4, 0.5) is 0 Å². The largest absolute Gasteiger partial charge is 0.478 e. The first-order valence-corrected chi connectivity index (χ1v) is 7.16. The summed E-state index contributed by atoms with van der Waals surface area (Å²) >= 11 is 0. The molecule has 1 aliphatic rings. The third kappa shape index (κ3) is 4.03. The summed E-state index contributed by atoms with van der Waals surface area (Å²) in [7, 11) is 0. The molecule has 1 amide bonds. The van der Waals surface area contributed by atoms with Gasteiger partial charge < -0.3 is 15.7 Å². The summed E-state index contributed by atoms with van der Waals surface area (Å²) in [6.45, 7) is 5.45. The molecule has 1 heterocycles. The molecule has 1 unspecified atom stereocenters. The van der Waals surface area contributed by atoms with E-state index >= 15 is 0 Å². The molecule has 0 bridgehead atoms. The lowest BCUT2D eigenvalue weighted by Gasteiger charge is -2.35. The van der Waals surface area contributed by atoms with Crippen molar-refractivity contribution in [1.29, 1.82) is 0 Å². The number of carbonyl (C=O) groups is 2. The van der Waals surface area contributed by atoms with Crippen LogP contribution in [0.25, 0.3) is 0 Å². The lowest BCUT2D eigenvalue weighted by molar-refractivity contribution is -0.127. The number of benzene rings is 1. The molecular weight excluding hydrogens is 270 g/mol. The van der Waals surface area contributed by atoms with Gasteiger partial charge in [-0.15, -0.1) is 0 Å². The third-order valence-electron chi connectivity index (χ3n) is 3.59. The Bertz CT molecular complexity index is 501. The second-order valence-corrected chi connectivity index (χ2v) is 5.09. The van der Waals surface area contributed by atoms with Crippen molar-refractivity contribution < 1.29 is 14.7 Å². The van der Waals surface area contributed by atoms with Crippen LogP contribution in [0, 0.1) is 0 Å². The second-order valence-electron chi connectivity index (χ2n) is 5.09. The molecule has 1 aliphatic heterocycles. The van der Waals surface area contributed by atoms with Gasteiger partial charge in [0.05, 0.1) is 5.56 Å². The minimum atomic E-state index is -0.927. The fourth-order valence-corrected chi connectivity index (χ4v) is 2.47. The second kappa shape index (κ2) is 7.19. The molecule has 1 fully saturated rings. The van der Waals surface area contributed by atoms with Crippen LogP contribution < -0.4 is 10.6 Å². The number of piperazine rings is 1. The van der Waals surface area contributed by atoms with E-state index in [-0.39, 0.29) is 17.5 Å². The predicted molar refractivity (Wildman–Crippen MR) is 79.2 cm³/mol. The highest BCUT2D eigenvalue weighted by Gasteiger charge is 2.28. The van der Waals surface area contributed by atoms with Crippen molar-refractivity contribution in [3.8, 4) is 0 Å². The number of carbonyl (C=O) groups excluding carboxylic acids is 1. The van der Waals surface area contributed by atoms with E-state index in [0.717, 1.165) is 18.7 Å². The van der Waals surface area contributed by atoms with Gasteiger partial charge in [-0.3, -0.25) is 9.69 Å². The zero-order chi connectivity index (χ0) is 15.2. The van der Waals surface area contributed by atoms with E-state index in [1.807, 2.05) is 6.92 Å². The molecule has 0 saturated carbocycles. The van der Waals surface area contributed by atoms with E-state index in [2.05, 4.69) is 15.5 Å². The van der Waals surface area contributed by atoms with Gasteiger partial charge in [-0.05, 0) is 24.6 Å². The van der Waals surface area contributed by atoms with Gasteiger partial charge in [0.25, 0.3) is 0 Å². The van der Waals surface area contributed by atoms with Crippen molar-refractivity contribution in [3.63, 3.8) is 0 Å². The average Bonchev–Trinajstić information content (AvgIpc) is 2.48. The molecule has 1 aromatic carbocycles. The van der Waals surface area contributed by atoms with E-state index in [1.54, 1.807) is 24.3 Å². The molecule has 0 aromatic heterocycles. The van der Waals surface area contributed by atoms with E-state index in [9.17, 15) is 9.59 Å². The number of nitrogens with zero attached hydrogens (tertiary/aromatic N) is 1. The topological polar surface area (TPSA) is 81.7 Å². The quantitative estimate of drug-likeness (QED) is 0.727. The molecule has 0 aliphatic carbocycles. The first kappa shape index (κ1) is 15.5. The summed E-state index contributed by atoms with van der Waals surface area (Å²) in [6.07, 6.45) is 0. The Morgan fingerprint density at radius 3 is 2.71 bits per heavy atom. The van der Waals surface area contributed by atoms with E-state index in [4.69, 9.17) is 5.11 Å². The van der Waals surface area contributed by atoms with Gasteiger partial charge in [-0.2, -0.15) is 0 Å².